The minimum absolute atomic E-state index is 0.0381. The molecule has 0 bridgehead atoms. The molecule has 2 amide bonds. The van der Waals surface area contributed by atoms with Crippen molar-refractivity contribution in [1.29, 1.82) is 0 Å². The summed E-state index contributed by atoms with van der Waals surface area (Å²) in [5.41, 5.74) is 0.478. The zero-order valence-electron chi connectivity index (χ0n) is 16.5. The quantitative estimate of drug-likeness (QED) is 0.579. The normalized spacial score (nSPS) is 11.7. The van der Waals surface area contributed by atoms with Crippen LogP contribution in [0.4, 0.5) is 5.69 Å². The average Bonchev–Trinajstić information content (AvgIpc) is 2.65. The number of benzene rings is 2. The summed E-state index contributed by atoms with van der Waals surface area (Å²) in [6.45, 7) is 5.59. The molecule has 0 atom stereocenters. The summed E-state index contributed by atoms with van der Waals surface area (Å²) in [4.78, 5) is 24.3. The van der Waals surface area contributed by atoms with Crippen LogP contribution in [0, 0.1) is 5.41 Å². The molecule has 0 aliphatic rings. The Labute approximate surface area is 175 Å². The molecule has 9 heteroatoms. The third-order valence-corrected chi connectivity index (χ3v) is 5.64. The third-order valence-electron chi connectivity index (χ3n) is 3.91. The Kier molecular flexibility index (Phi) is 7.40. The molecule has 0 unspecified atom stereocenters. The average molecular weight is 438 g/mol. The number of amides is 2. The van der Waals surface area contributed by atoms with Gasteiger partial charge in [0.25, 0.3) is 5.91 Å². The van der Waals surface area contributed by atoms with Crippen LogP contribution in [0.15, 0.2) is 53.4 Å². The van der Waals surface area contributed by atoms with E-state index in [0.29, 0.717) is 16.3 Å². The van der Waals surface area contributed by atoms with Gasteiger partial charge in [0, 0.05) is 34.8 Å². The van der Waals surface area contributed by atoms with Gasteiger partial charge in [-0.25, -0.2) is 13.1 Å². The van der Waals surface area contributed by atoms with Crippen molar-refractivity contribution in [2.75, 3.05) is 18.4 Å². The van der Waals surface area contributed by atoms with Crippen LogP contribution in [-0.2, 0) is 14.8 Å². The maximum absolute atomic E-state index is 12.2. The van der Waals surface area contributed by atoms with Crippen LogP contribution in [0.25, 0.3) is 0 Å². The molecule has 2 aromatic carbocycles. The molecule has 0 aromatic heterocycles. The second kappa shape index (κ2) is 9.39. The van der Waals surface area contributed by atoms with Gasteiger partial charge in [-0.1, -0.05) is 32.4 Å². The third kappa shape index (κ3) is 6.85. The molecular formula is C20H24ClN3O4S. The number of nitrogens with one attached hydrogen (secondary N) is 3. The highest BCUT2D eigenvalue weighted by atomic mass is 35.5. The fourth-order valence-electron chi connectivity index (χ4n) is 2.18. The number of carbonyl (C=O) groups is 2. The minimum Gasteiger partial charge on any atom is -0.351 e. The van der Waals surface area contributed by atoms with Gasteiger partial charge >= 0.3 is 0 Å². The fourth-order valence-corrected chi connectivity index (χ4v) is 3.34. The predicted molar refractivity (Wildman–Crippen MR) is 114 cm³/mol. The van der Waals surface area contributed by atoms with E-state index in [1.165, 1.54) is 24.3 Å². The number of carbonyl (C=O) groups excluding carboxylic acids is 2. The van der Waals surface area contributed by atoms with Gasteiger partial charge in [-0.2, -0.15) is 0 Å². The van der Waals surface area contributed by atoms with Crippen molar-refractivity contribution in [3.63, 3.8) is 0 Å². The molecule has 2 aromatic rings. The Balaban J connectivity index is 1.83. The second-order valence-electron chi connectivity index (χ2n) is 7.39. The number of rotatable bonds is 7. The standard InChI is InChI=1S/C20H24ClN3O4S/c1-20(2,3)19(26)24-16-8-4-14(5-9-16)18(25)22-12-13-23-29(27,28)17-10-6-15(21)7-11-17/h4-11,23H,12-13H2,1-3H3,(H,22,25)(H,24,26). The van der Waals surface area contributed by atoms with Crippen molar-refractivity contribution in [3.05, 3.63) is 59.1 Å². The van der Waals surface area contributed by atoms with Gasteiger partial charge in [-0.05, 0) is 48.5 Å². The van der Waals surface area contributed by atoms with Crippen LogP contribution in [0.3, 0.4) is 0 Å². The summed E-state index contributed by atoms with van der Waals surface area (Å²) >= 11 is 5.75. The van der Waals surface area contributed by atoms with Crippen LogP contribution in [0.2, 0.25) is 5.02 Å². The molecule has 156 valence electrons. The van der Waals surface area contributed by atoms with Gasteiger partial charge in [-0.15, -0.1) is 0 Å². The van der Waals surface area contributed by atoms with E-state index in [4.69, 9.17) is 11.6 Å². The highest BCUT2D eigenvalue weighted by molar-refractivity contribution is 7.89. The number of hydrogen-bond acceptors (Lipinski definition) is 4. The summed E-state index contributed by atoms with van der Waals surface area (Å²) in [5.74, 6) is -0.466. The summed E-state index contributed by atoms with van der Waals surface area (Å²) in [6, 6.07) is 12.3. The lowest BCUT2D eigenvalue weighted by molar-refractivity contribution is -0.123. The molecule has 0 heterocycles. The van der Waals surface area contributed by atoms with E-state index >= 15 is 0 Å². The Hall–Kier alpha value is -2.42. The topological polar surface area (TPSA) is 104 Å². The van der Waals surface area contributed by atoms with Crippen LogP contribution in [0.5, 0.6) is 0 Å². The molecule has 0 saturated carbocycles. The number of sulfonamides is 1. The Morgan fingerprint density at radius 2 is 1.52 bits per heavy atom. The van der Waals surface area contributed by atoms with Crippen molar-refractivity contribution < 1.29 is 18.0 Å². The highest BCUT2D eigenvalue weighted by Gasteiger charge is 2.21. The Morgan fingerprint density at radius 1 is 0.931 bits per heavy atom. The van der Waals surface area contributed by atoms with Crippen LogP contribution in [-0.4, -0.2) is 33.3 Å². The molecule has 7 nitrogen and oxygen atoms in total. The second-order valence-corrected chi connectivity index (χ2v) is 9.59. The Bertz CT molecular complexity index is 966. The van der Waals surface area contributed by atoms with E-state index in [0.717, 1.165) is 0 Å². The molecular weight excluding hydrogens is 414 g/mol. The van der Waals surface area contributed by atoms with Gasteiger partial charge < -0.3 is 10.6 Å². The first-order valence-corrected chi connectivity index (χ1v) is 10.8. The van der Waals surface area contributed by atoms with Gasteiger partial charge in [0.1, 0.15) is 0 Å². The number of halogens is 1. The van der Waals surface area contributed by atoms with Crippen molar-refractivity contribution in [2.24, 2.45) is 5.41 Å². The number of hydrogen-bond donors (Lipinski definition) is 3. The van der Waals surface area contributed by atoms with E-state index in [9.17, 15) is 18.0 Å². The molecule has 2 rings (SSSR count). The van der Waals surface area contributed by atoms with Crippen molar-refractivity contribution in [3.8, 4) is 0 Å². The molecule has 3 N–H and O–H groups in total. The van der Waals surface area contributed by atoms with Crippen LogP contribution < -0.4 is 15.4 Å². The monoisotopic (exact) mass is 437 g/mol. The van der Waals surface area contributed by atoms with Crippen LogP contribution in [0.1, 0.15) is 31.1 Å². The van der Waals surface area contributed by atoms with E-state index in [-0.39, 0.29) is 29.8 Å². The van der Waals surface area contributed by atoms with E-state index < -0.39 is 15.4 Å². The lowest BCUT2D eigenvalue weighted by Gasteiger charge is -2.17. The van der Waals surface area contributed by atoms with E-state index in [1.54, 1.807) is 24.3 Å². The zero-order chi connectivity index (χ0) is 21.7. The molecule has 0 spiro atoms. The minimum atomic E-state index is -3.67. The van der Waals surface area contributed by atoms with Crippen LogP contribution >= 0.6 is 11.6 Å². The van der Waals surface area contributed by atoms with Crippen molar-refractivity contribution in [2.45, 2.75) is 25.7 Å². The maximum Gasteiger partial charge on any atom is 0.251 e. The highest BCUT2D eigenvalue weighted by Crippen LogP contribution is 2.18. The van der Waals surface area contributed by atoms with Crippen molar-refractivity contribution in [1.82, 2.24) is 10.0 Å². The summed E-state index contributed by atoms with van der Waals surface area (Å²) in [5, 5.41) is 5.87. The van der Waals surface area contributed by atoms with E-state index in [2.05, 4.69) is 15.4 Å². The maximum atomic E-state index is 12.2. The van der Waals surface area contributed by atoms with Crippen molar-refractivity contribution >= 4 is 39.1 Å². The van der Waals surface area contributed by atoms with Gasteiger partial charge in [0.05, 0.1) is 4.90 Å². The summed E-state index contributed by atoms with van der Waals surface area (Å²) in [6.07, 6.45) is 0. The smallest absolute Gasteiger partial charge is 0.251 e. The zero-order valence-corrected chi connectivity index (χ0v) is 18.0. The predicted octanol–water partition coefficient (Wildman–Crippen LogP) is 3.03. The fraction of sp³-hybridized carbons (Fsp3) is 0.300. The molecule has 0 fully saturated rings. The molecule has 29 heavy (non-hydrogen) atoms. The molecule has 0 saturated heterocycles. The molecule has 0 aliphatic carbocycles. The lowest BCUT2D eigenvalue weighted by atomic mass is 9.95. The summed E-state index contributed by atoms with van der Waals surface area (Å²) < 4.78 is 26.7. The van der Waals surface area contributed by atoms with Gasteiger partial charge in [0.2, 0.25) is 15.9 Å². The first-order valence-electron chi connectivity index (χ1n) is 8.94. The largest absolute Gasteiger partial charge is 0.351 e. The van der Waals surface area contributed by atoms with E-state index in [1.807, 2.05) is 20.8 Å². The Morgan fingerprint density at radius 3 is 2.07 bits per heavy atom. The molecule has 0 aliphatic heterocycles. The first-order chi connectivity index (χ1) is 13.5. The number of anilines is 1. The first kappa shape index (κ1) is 22.9. The lowest BCUT2D eigenvalue weighted by Crippen LogP contribution is -2.34. The molecule has 0 radical (unpaired) electrons. The SMILES string of the molecule is CC(C)(C)C(=O)Nc1ccc(C(=O)NCCNS(=O)(=O)c2ccc(Cl)cc2)cc1. The van der Waals surface area contributed by atoms with Gasteiger partial charge in [0.15, 0.2) is 0 Å². The summed E-state index contributed by atoms with van der Waals surface area (Å²) in [7, 11) is -3.67. The van der Waals surface area contributed by atoms with Gasteiger partial charge in [-0.3, -0.25) is 9.59 Å².